The maximum Gasteiger partial charge on any atom is 0.302 e. The van der Waals surface area contributed by atoms with Crippen molar-refractivity contribution in [3.63, 3.8) is 0 Å². The number of nitrogens with zero attached hydrogens (tertiary/aromatic N) is 4. The zero-order valence-corrected chi connectivity index (χ0v) is 15.0. The van der Waals surface area contributed by atoms with E-state index in [1.165, 1.54) is 0 Å². The van der Waals surface area contributed by atoms with Gasteiger partial charge in [-0.05, 0) is 43.4 Å². The number of amides is 1. The number of nitrogen functional groups attached to an aromatic ring is 1. The van der Waals surface area contributed by atoms with Crippen LogP contribution in [0, 0.1) is 3.70 Å². The van der Waals surface area contributed by atoms with Crippen molar-refractivity contribution < 1.29 is 4.79 Å². The molecular weight excluding hydrogens is 409 g/mol. The van der Waals surface area contributed by atoms with Crippen LogP contribution in [0.1, 0.15) is 31.3 Å². The first-order valence-corrected chi connectivity index (χ1v) is 7.09. The molecule has 1 aromatic rings. The van der Waals surface area contributed by atoms with Crippen molar-refractivity contribution in [2.45, 2.75) is 26.8 Å². The summed E-state index contributed by atoms with van der Waals surface area (Å²) >= 11 is 2.01. The van der Waals surface area contributed by atoms with Gasteiger partial charge in [-0.1, -0.05) is 0 Å². The van der Waals surface area contributed by atoms with E-state index in [9.17, 15) is 4.79 Å². The monoisotopic (exact) mass is 427 g/mol. The Labute approximate surface area is 143 Å². The number of hydrogen-bond acceptors (Lipinski definition) is 5. The van der Waals surface area contributed by atoms with Gasteiger partial charge < -0.3 is 22.1 Å². The number of aromatic nitrogens is 2. The van der Waals surface area contributed by atoms with Crippen LogP contribution < -0.4 is 22.1 Å². The normalized spacial score (nSPS) is 9.95. The zero-order chi connectivity index (χ0) is 15.4. The lowest BCUT2D eigenvalue weighted by Gasteiger charge is -2.27. The van der Waals surface area contributed by atoms with E-state index in [4.69, 9.17) is 17.2 Å². The minimum Gasteiger partial charge on any atom is -0.382 e. The summed E-state index contributed by atoms with van der Waals surface area (Å²) in [5, 5.41) is 0. The Kier molecular flexibility index (Phi) is 7.64. The Balaban J connectivity index is 0.00000400. The third kappa shape index (κ3) is 4.84. The number of anilines is 2. The Morgan fingerprint density at radius 1 is 1.38 bits per heavy atom. The molecule has 0 aliphatic carbocycles. The quantitative estimate of drug-likeness (QED) is 0.366. The molecule has 21 heavy (non-hydrogen) atoms. The molecule has 1 amide bonds. The molecule has 1 aromatic heterocycles. The fraction of sp³-hybridized carbons (Fsp3) is 0.455. The lowest BCUT2D eigenvalue weighted by Crippen LogP contribution is -2.32. The molecule has 0 atom stereocenters. The topological polar surface area (TPSA) is 137 Å². The highest BCUT2D eigenvalue weighted by molar-refractivity contribution is 14.1. The number of hydrogen-bond donors (Lipinski definition) is 3. The van der Waals surface area contributed by atoms with Gasteiger partial charge in [0.15, 0.2) is 23.3 Å². The molecule has 6 N–H and O–H groups in total. The van der Waals surface area contributed by atoms with E-state index in [0.717, 1.165) is 6.54 Å². The van der Waals surface area contributed by atoms with Crippen LogP contribution in [-0.2, 0) is 0 Å². The van der Waals surface area contributed by atoms with E-state index in [2.05, 4.69) is 15.0 Å². The number of carbonyl (C=O) groups excluding carboxylic acids is 1. The van der Waals surface area contributed by atoms with E-state index in [1.807, 2.05) is 48.3 Å². The largest absolute Gasteiger partial charge is 0.382 e. The molecule has 1 rings (SSSR count). The summed E-state index contributed by atoms with van der Waals surface area (Å²) in [5.74, 6) is -0.393. The van der Waals surface area contributed by atoms with Gasteiger partial charge >= 0.3 is 5.91 Å². The van der Waals surface area contributed by atoms with Crippen molar-refractivity contribution >= 4 is 58.5 Å². The first-order valence-electron chi connectivity index (χ1n) is 6.01. The van der Waals surface area contributed by atoms with Crippen LogP contribution >= 0.6 is 35.0 Å². The Hall–Kier alpha value is -1.36. The van der Waals surface area contributed by atoms with Crippen molar-refractivity contribution in [2.75, 3.05) is 17.2 Å². The van der Waals surface area contributed by atoms with Gasteiger partial charge in [0.1, 0.15) is 3.70 Å². The summed E-state index contributed by atoms with van der Waals surface area (Å²) in [5.41, 5.74) is 16.1. The van der Waals surface area contributed by atoms with Gasteiger partial charge in [-0.3, -0.25) is 4.79 Å². The Bertz CT molecular complexity index is 546. The molecule has 0 aromatic carbocycles. The first kappa shape index (κ1) is 19.6. The van der Waals surface area contributed by atoms with E-state index < -0.39 is 5.91 Å². The van der Waals surface area contributed by atoms with Crippen molar-refractivity contribution in [3.05, 3.63) is 9.39 Å². The molecule has 0 aliphatic rings. The molecular formula is C11H19ClIN7O. The van der Waals surface area contributed by atoms with Crippen LogP contribution in [0.3, 0.4) is 0 Å². The predicted molar refractivity (Wildman–Crippen MR) is 94.7 cm³/mol. The lowest BCUT2D eigenvalue weighted by molar-refractivity contribution is 0.0998. The second-order valence-corrected chi connectivity index (χ2v) is 5.32. The molecule has 8 nitrogen and oxygen atoms in total. The van der Waals surface area contributed by atoms with Crippen LogP contribution in [0.25, 0.3) is 0 Å². The summed E-state index contributed by atoms with van der Waals surface area (Å²) in [7, 11) is 0. The number of rotatable bonds is 4. The minimum absolute atomic E-state index is 0. The minimum atomic E-state index is -0.702. The number of carbonyl (C=O) groups is 1. The van der Waals surface area contributed by atoms with Crippen LogP contribution in [0.15, 0.2) is 4.99 Å². The smallest absolute Gasteiger partial charge is 0.302 e. The van der Waals surface area contributed by atoms with Gasteiger partial charge in [-0.15, -0.1) is 12.4 Å². The number of guanidine groups is 1. The van der Waals surface area contributed by atoms with Gasteiger partial charge in [-0.2, -0.15) is 4.99 Å². The molecule has 0 aliphatic heterocycles. The van der Waals surface area contributed by atoms with Crippen molar-refractivity contribution in [1.29, 1.82) is 0 Å². The van der Waals surface area contributed by atoms with Gasteiger partial charge in [-0.25, -0.2) is 9.97 Å². The average Bonchev–Trinajstić information content (AvgIpc) is 2.32. The van der Waals surface area contributed by atoms with Gasteiger partial charge in [0.25, 0.3) is 0 Å². The highest BCUT2D eigenvalue weighted by Crippen LogP contribution is 2.23. The second-order valence-electron chi connectivity index (χ2n) is 4.29. The van der Waals surface area contributed by atoms with Crippen molar-refractivity contribution in [1.82, 2.24) is 9.97 Å². The molecule has 0 unspecified atom stereocenters. The maximum absolute atomic E-state index is 11.8. The van der Waals surface area contributed by atoms with Gasteiger partial charge in [0.2, 0.25) is 0 Å². The van der Waals surface area contributed by atoms with E-state index in [-0.39, 0.29) is 35.9 Å². The molecule has 0 saturated heterocycles. The average molecular weight is 428 g/mol. The molecule has 0 radical (unpaired) electrons. The molecule has 0 saturated carbocycles. The lowest BCUT2D eigenvalue weighted by atomic mass is 10.3. The van der Waals surface area contributed by atoms with Crippen LogP contribution in [-0.4, -0.2) is 34.4 Å². The fourth-order valence-electron chi connectivity index (χ4n) is 1.69. The molecule has 0 spiro atoms. The number of halogens is 2. The van der Waals surface area contributed by atoms with Gasteiger partial charge in [0.05, 0.1) is 0 Å². The summed E-state index contributed by atoms with van der Waals surface area (Å²) in [6.07, 6.45) is 0. The van der Waals surface area contributed by atoms with Crippen molar-refractivity contribution in [3.8, 4) is 0 Å². The Morgan fingerprint density at radius 3 is 2.38 bits per heavy atom. The van der Waals surface area contributed by atoms with Crippen molar-refractivity contribution in [2.24, 2.45) is 16.5 Å². The molecule has 10 heteroatoms. The zero-order valence-electron chi connectivity index (χ0n) is 12.0. The Morgan fingerprint density at radius 2 is 1.95 bits per heavy atom. The summed E-state index contributed by atoms with van der Waals surface area (Å²) in [6, 6.07) is 0.237. The van der Waals surface area contributed by atoms with Crippen LogP contribution in [0.5, 0.6) is 0 Å². The number of nitrogens with two attached hydrogens (primary N) is 3. The van der Waals surface area contributed by atoms with Gasteiger partial charge in [0, 0.05) is 12.6 Å². The SMILES string of the molecule is CCN(c1nc(N)c(C(=O)N=C(N)N)nc1I)C(C)C.Cl. The molecule has 118 valence electrons. The van der Waals surface area contributed by atoms with E-state index in [0.29, 0.717) is 9.52 Å². The summed E-state index contributed by atoms with van der Waals surface area (Å²) in [4.78, 5) is 25.6. The summed E-state index contributed by atoms with van der Waals surface area (Å²) < 4.78 is 0.571. The standard InChI is InChI=1S/C11H18IN7O.ClH/c1-4-19(5(2)3)9-7(12)16-6(8(13)17-9)10(20)18-11(14)15;/h5H,4H2,1-3H3,(H2,13,17)(H4,14,15,18,20);1H. The number of aliphatic imine (C=N–C) groups is 1. The third-order valence-corrected chi connectivity index (χ3v) is 3.26. The first-order chi connectivity index (χ1) is 9.27. The van der Waals surface area contributed by atoms with E-state index >= 15 is 0 Å². The molecule has 1 heterocycles. The van der Waals surface area contributed by atoms with E-state index in [1.54, 1.807) is 0 Å². The highest BCUT2D eigenvalue weighted by Gasteiger charge is 2.20. The summed E-state index contributed by atoms with van der Waals surface area (Å²) in [6.45, 7) is 6.83. The fourth-order valence-corrected chi connectivity index (χ4v) is 2.36. The molecule has 0 fully saturated rings. The third-order valence-electron chi connectivity index (χ3n) is 2.53. The highest BCUT2D eigenvalue weighted by atomic mass is 127. The van der Waals surface area contributed by atoms with Crippen LogP contribution in [0.2, 0.25) is 0 Å². The predicted octanol–water partition coefficient (Wildman–Crippen LogP) is 0.734. The second kappa shape index (κ2) is 8.17. The van der Waals surface area contributed by atoms with Crippen LogP contribution in [0.4, 0.5) is 11.6 Å². The maximum atomic E-state index is 11.8. The molecule has 0 bridgehead atoms.